The predicted molar refractivity (Wildman–Crippen MR) is 150 cm³/mol. The van der Waals surface area contributed by atoms with Gasteiger partial charge in [-0.3, -0.25) is 4.90 Å². The molecule has 0 amide bonds. The van der Waals surface area contributed by atoms with E-state index in [1.165, 1.54) is 12.1 Å². The van der Waals surface area contributed by atoms with Crippen molar-refractivity contribution in [3.63, 3.8) is 0 Å². The normalized spacial score (nSPS) is 15.1. The van der Waals surface area contributed by atoms with Gasteiger partial charge in [0.15, 0.2) is 5.58 Å². The molecule has 4 aromatic rings. The number of nitrogens with one attached hydrogen (secondary N) is 1. The van der Waals surface area contributed by atoms with Gasteiger partial charge in [0.2, 0.25) is 10.0 Å². The summed E-state index contributed by atoms with van der Waals surface area (Å²) in [6.45, 7) is 7.62. The summed E-state index contributed by atoms with van der Waals surface area (Å²) in [7, 11) is -3.96. The van der Waals surface area contributed by atoms with Crippen molar-refractivity contribution < 1.29 is 22.3 Å². The third-order valence-corrected chi connectivity index (χ3v) is 8.01. The SMILES string of the molecule is CCOc1cc(CN2CCC(Nc3nc4cc(Cl)c(S(N)(=O)=O)cc4o3)CC2)cc(OCC)c1-n1cccc1. The summed E-state index contributed by atoms with van der Waals surface area (Å²) in [6, 6.07) is 11.4. The maximum Gasteiger partial charge on any atom is 0.295 e. The predicted octanol–water partition coefficient (Wildman–Crippen LogP) is 4.79. The lowest BCUT2D eigenvalue weighted by atomic mass is 10.0. The minimum atomic E-state index is -3.96. The quantitative estimate of drug-likeness (QED) is 0.277. The van der Waals surface area contributed by atoms with Crippen LogP contribution in [-0.2, 0) is 16.6 Å². The van der Waals surface area contributed by atoms with E-state index in [1.807, 2.05) is 42.9 Å². The van der Waals surface area contributed by atoms with Gasteiger partial charge in [0.05, 0.1) is 18.2 Å². The summed E-state index contributed by atoms with van der Waals surface area (Å²) in [5.74, 6) is 1.60. The number of hydrogen-bond acceptors (Lipinski definition) is 8. The van der Waals surface area contributed by atoms with Crippen molar-refractivity contribution >= 4 is 38.7 Å². The van der Waals surface area contributed by atoms with Gasteiger partial charge in [0.1, 0.15) is 27.6 Å². The fourth-order valence-electron chi connectivity index (χ4n) is 4.87. The molecule has 1 aliphatic heterocycles. The molecule has 0 radical (unpaired) electrons. The second-order valence-corrected chi connectivity index (χ2v) is 11.3. The maximum atomic E-state index is 11.8. The van der Waals surface area contributed by atoms with Crippen LogP contribution in [0.1, 0.15) is 32.3 Å². The zero-order valence-electron chi connectivity index (χ0n) is 21.9. The third kappa shape index (κ3) is 6.17. The molecule has 2 aromatic heterocycles. The number of ether oxygens (including phenoxy) is 2. The zero-order valence-corrected chi connectivity index (χ0v) is 23.5. The number of anilines is 1. The molecule has 1 saturated heterocycles. The number of rotatable bonds is 10. The highest BCUT2D eigenvalue weighted by molar-refractivity contribution is 7.89. The van der Waals surface area contributed by atoms with Crippen LogP contribution in [0.25, 0.3) is 16.8 Å². The molecule has 3 N–H and O–H groups in total. The Morgan fingerprint density at radius 1 is 1.08 bits per heavy atom. The number of fused-ring (bicyclic) bond motifs is 1. The Morgan fingerprint density at radius 3 is 2.31 bits per heavy atom. The van der Waals surface area contributed by atoms with E-state index in [0.717, 1.165) is 55.2 Å². The average molecular weight is 574 g/mol. The highest BCUT2D eigenvalue weighted by atomic mass is 35.5. The maximum absolute atomic E-state index is 11.8. The Bertz CT molecular complexity index is 1520. The highest BCUT2D eigenvalue weighted by Gasteiger charge is 2.23. The van der Waals surface area contributed by atoms with Gasteiger partial charge in [-0.2, -0.15) is 4.98 Å². The van der Waals surface area contributed by atoms with E-state index in [4.69, 9.17) is 30.6 Å². The van der Waals surface area contributed by atoms with Crippen LogP contribution in [0.5, 0.6) is 11.5 Å². The van der Waals surface area contributed by atoms with E-state index >= 15 is 0 Å². The van der Waals surface area contributed by atoms with Gasteiger partial charge >= 0.3 is 0 Å². The highest BCUT2D eigenvalue weighted by Crippen LogP contribution is 2.36. The number of nitrogens with zero attached hydrogens (tertiary/aromatic N) is 3. The van der Waals surface area contributed by atoms with Gasteiger partial charge < -0.3 is 23.8 Å². The summed E-state index contributed by atoms with van der Waals surface area (Å²) in [4.78, 5) is 6.64. The van der Waals surface area contributed by atoms with Gasteiger partial charge in [-0.15, -0.1) is 0 Å². The molecule has 1 aliphatic rings. The van der Waals surface area contributed by atoms with Crippen LogP contribution in [0.15, 0.2) is 58.1 Å². The summed E-state index contributed by atoms with van der Waals surface area (Å²) in [5, 5.41) is 8.59. The number of piperidine rings is 1. The molecule has 3 heterocycles. The monoisotopic (exact) mass is 573 g/mol. The first kappa shape index (κ1) is 27.3. The number of likely N-dealkylation sites (tertiary alicyclic amines) is 1. The van der Waals surface area contributed by atoms with E-state index < -0.39 is 10.0 Å². The minimum absolute atomic E-state index is 0.0135. The molecule has 5 rings (SSSR count). The fourth-order valence-corrected chi connectivity index (χ4v) is 5.96. The van der Waals surface area contributed by atoms with Crippen molar-refractivity contribution in [2.75, 3.05) is 31.6 Å². The summed E-state index contributed by atoms with van der Waals surface area (Å²) >= 11 is 6.08. The molecule has 0 spiro atoms. The van der Waals surface area contributed by atoms with E-state index in [0.29, 0.717) is 30.3 Å². The standard InChI is InChI=1S/C27H32ClN5O5S/c1-3-36-23-13-18(14-24(37-4-2)26(23)33-9-5-6-10-33)17-32-11-7-19(8-12-32)30-27-31-21-15-20(28)25(39(29,34)35)16-22(21)38-27/h5-6,9-10,13-16,19H,3-4,7-8,11-12,17H2,1-2H3,(H,30,31)(H2,29,34,35). The lowest BCUT2D eigenvalue weighted by molar-refractivity contribution is 0.209. The molecule has 0 atom stereocenters. The first-order chi connectivity index (χ1) is 18.7. The molecule has 208 valence electrons. The second-order valence-electron chi connectivity index (χ2n) is 9.41. The Labute approximate surface area is 232 Å². The van der Waals surface area contributed by atoms with Gasteiger partial charge in [-0.05, 0) is 62.6 Å². The van der Waals surface area contributed by atoms with Crippen molar-refractivity contribution in [3.8, 4) is 17.2 Å². The van der Waals surface area contributed by atoms with Gasteiger partial charge in [-0.25, -0.2) is 13.6 Å². The second kappa shape index (κ2) is 11.5. The zero-order chi connectivity index (χ0) is 27.6. The molecule has 2 aromatic carbocycles. The number of aromatic nitrogens is 2. The van der Waals surface area contributed by atoms with E-state index in [2.05, 4.69) is 27.3 Å². The first-order valence-corrected chi connectivity index (χ1v) is 14.8. The first-order valence-electron chi connectivity index (χ1n) is 12.9. The summed E-state index contributed by atoms with van der Waals surface area (Å²) < 4.78 is 43.3. The molecule has 1 fully saturated rings. The summed E-state index contributed by atoms with van der Waals surface area (Å²) in [5.41, 5.74) is 2.81. The Hall–Kier alpha value is -3.25. The molecule has 0 bridgehead atoms. The molecule has 0 saturated carbocycles. The Morgan fingerprint density at radius 2 is 1.72 bits per heavy atom. The van der Waals surface area contributed by atoms with Crippen LogP contribution in [0, 0.1) is 0 Å². The van der Waals surface area contributed by atoms with Crippen molar-refractivity contribution in [1.29, 1.82) is 0 Å². The van der Waals surface area contributed by atoms with Gasteiger partial charge in [0, 0.05) is 44.1 Å². The number of primary sulfonamides is 1. The van der Waals surface area contributed by atoms with Crippen LogP contribution in [0.3, 0.4) is 0 Å². The Kier molecular flexibility index (Phi) is 8.03. The molecule has 0 aliphatic carbocycles. The Balaban J connectivity index is 1.26. The average Bonchev–Trinajstić information content (AvgIpc) is 3.54. The molecule has 12 heteroatoms. The van der Waals surface area contributed by atoms with Crippen LogP contribution in [0.4, 0.5) is 6.01 Å². The van der Waals surface area contributed by atoms with Crippen LogP contribution >= 0.6 is 11.6 Å². The smallest absolute Gasteiger partial charge is 0.295 e. The molecular formula is C27H32ClN5O5S. The van der Waals surface area contributed by atoms with Crippen molar-refractivity contribution in [2.45, 2.75) is 44.2 Å². The van der Waals surface area contributed by atoms with E-state index in [-0.39, 0.29) is 16.0 Å². The van der Waals surface area contributed by atoms with Crippen LogP contribution in [0.2, 0.25) is 5.02 Å². The number of oxazole rings is 1. The molecule has 39 heavy (non-hydrogen) atoms. The third-order valence-electron chi connectivity index (χ3n) is 6.63. The topological polar surface area (TPSA) is 125 Å². The van der Waals surface area contributed by atoms with Crippen molar-refractivity contribution in [1.82, 2.24) is 14.5 Å². The molecule has 10 nitrogen and oxygen atoms in total. The van der Waals surface area contributed by atoms with Crippen LogP contribution in [-0.4, -0.2) is 55.2 Å². The number of hydrogen-bond donors (Lipinski definition) is 2. The number of benzene rings is 2. The van der Waals surface area contributed by atoms with Crippen molar-refractivity contribution in [2.24, 2.45) is 5.14 Å². The molecule has 0 unspecified atom stereocenters. The number of sulfonamides is 1. The van der Waals surface area contributed by atoms with Gasteiger partial charge in [0.25, 0.3) is 6.01 Å². The molecular weight excluding hydrogens is 542 g/mol. The number of nitrogens with two attached hydrogens (primary N) is 1. The fraction of sp³-hybridized carbons (Fsp3) is 0.370. The van der Waals surface area contributed by atoms with Crippen LogP contribution < -0.4 is 19.9 Å². The van der Waals surface area contributed by atoms with Gasteiger partial charge in [-0.1, -0.05) is 11.6 Å². The lowest BCUT2D eigenvalue weighted by Gasteiger charge is -2.32. The minimum Gasteiger partial charge on any atom is -0.492 e. The van der Waals surface area contributed by atoms with E-state index in [9.17, 15) is 8.42 Å². The lowest BCUT2D eigenvalue weighted by Crippen LogP contribution is -2.38. The van der Waals surface area contributed by atoms with Crippen molar-refractivity contribution in [3.05, 3.63) is 59.4 Å². The largest absolute Gasteiger partial charge is 0.492 e. The summed E-state index contributed by atoms with van der Waals surface area (Å²) in [6.07, 6.45) is 5.75. The van der Waals surface area contributed by atoms with E-state index in [1.54, 1.807) is 0 Å². The number of halogens is 1.